The molecule has 1 heterocycles. The summed E-state index contributed by atoms with van der Waals surface area (Å²) < 4.78 is 13.6. The van der Waals surface area contributed by atoms with Crippen LogP contribution in [0.25, 0.3) is 0 Å². The maximum atomic E-state index is 13.6. The number of carboxylic acids is 1. The van der Waals surface area contributed by atoms with Crippen LogP contribution in [0.1, 0.15) is 24.9 Å². The van der Waals surface area contributed by atoms with Gasteiger partial charge in [-0.1, -0.05) is 23.2 Å². The summed E-state index contributed by atoms with van der Waals surface area (Å²) >= 11 is 11.7. The average Bonchev–Trinajstić information content (AvgIpc) is 2.77. The molecule has 1 aliphatic heterocycles. The summed E-state index contributed by atoms with van der Waals surface area (Å²) in [6.45, 7) is 2.55. The lowest BCUT2D eigenvalue weighted by atomic mass is 10.0. The second-order valence-corrected chi connectivity index (χ2v) is 5.96. The van der Waals surface area contributed by atoms with Crippen LogP contribution >= 0.6 is 23.2 Å². The van der Waals surface area contributed by atoms with Gasteiger partial charge in [0.25, 0.3) is 0 Å². The SMILES string of the molecule is CC(c1cc(F)c(Cl)cc1Cl)N1CCC(N)(C(=O)O)C1. The molecule has 4 nitrogen and oxygen atoms in total. The lowest BCUT2D eigenvalue weighted by molar-refractivity contribution is -0.142. The van der Waals surface area contributed by atoms with Crippen LogP contribution < -0.4 is 5.73 Å². The lowest BCUT2D eigenvalue weighted by Gasteiger charge is -2.27. The van der Waals surface area contributed by atoms with E-state index in [1.54, 1.807) is 0 Å². The first-order chi connectivity index (χ1) is 9.24. The molecule has 0 bridgehead atoms. The number of hydrogen-bond donors (Lipinski definition) is 2. The van der Waals surface area contributed by atoms with Gasteiger partial charge in [0.15, 0.2) is 0 Å². The molecule has 1 saturated heterocycles. The summed E-state index contributed by atoms with van der Waals surface area (Å²) in [6, 6.07) is 2.40. The van der Waals surface area contributed by atoms with Gasteiger partial charge in [0.1, 0.15) is 11.4 Å². The number of hydrogen-bond acceptors (Lipinski definition) is 3. The van der Waals surface area contributed by atoms with Crippen molar-refractivity contribution in [3.05, 3.63) is 33.6 Å². The van der Waals surface area contributed by atoms with Crippen molar-refractivity contribution in [2.45, 2.75) is 24.9 Å². The Balaban J connectivity index is 2.23. The fourth-order valence-electron chi connectivity index (χ4n) is 2.42. The van der Waals surface area contributed by atoms with Gasteiger partial charge in [0, 0.05) is 24.2 Å². The molecule has 2 unspecified atom stereocenters. The maximum Gasteiger partial charge on any atom is 0.325 e. The highest BCUT2D eigenvalue weighted by molar-refractivity contribution is 6.35. The van der Waals surface area contributed by atoms with Crippen LogP contribution in [0.4, 0.5) is 4.39 Å². The van der Waals surface area contributed by atoms with E-state index in [2.05, 4.69) is 0 Å². The highest BCUT2D eigenvalue weighted by atomic mass is 35.5. The van der Waals surface area contributed by atoms with Crippen LogP contribution in [-0.2, 0) is 4.79 Å². The van der Waals surface area contributed by atoms with Crippen molar-refractivity contribution in [3.63, 3.8) is 0 Å². The van der Waals surface area contributed by atoms with E-state index in [1.807, 2.05) is 11.8 Å². The standard InChI is InChI=1S/C13H15Cl2FN2O2/c1-7(8-4-11(16)10(15)5-9(8)14)18-3-2-13(17,6-18)12(19)20/h4-5,7H,2-3,6,17H2,1H3,(H,19,20). The van der Waals surface area contributed by atoms with Crippen molar-refractivity contribution in [1.82, 2.24) is 4.90 Å². The second-order valence-electron chi connectivity index (χ2n) is 5.15. The number of carboxylic acid groups (broad SMARTS) is 1. The highest BCUT2D eigenvalue weighted by Gasteiger charge is 2.42. The van der Waals surface area contributed by atoms with Gasteiger partial charge in [-0.2, -0.15) is 0 Å². The molecule has 1 aromatic rings. The number of nitrogens with two attached hydrogens (primary N) is 1. The Morgan fingerprint density at radius 1 is 1.50 bits per heavy atom. The molecule has 0 aromatic heterocycles. The summed E-state index contributed by atoms with van der Waals surface area (Å²) in [4.78, 5) is 13.0. The summed E-state index contributed by atoms with van der Waals surface area (Å²) in [5.74, 6) is -1.57. The van der Waals surface area contributed by atoms with Crippen molar-refractivity contribution in [2.75, 3.05) is 13.1 Å². The Hall–Kier alpha value is -0.880. The van der Waals surface area contributed by atoms with E-state index in [9.17, 15) is 9.18 Å². The van der Waals surface area contributed by atoms with E-state index >= 15 is 0 Å². The topological polar surface area (TPSA) is 66.6 Å². The molecule has 0 aliphatic carbocycles. The van der Waals surface area contributed by atoms with E-state index in [1.165, 1.54) is 12.1 Å². The lowest BCUT2D eigenvalue weighted by Crippen LogP contribution is -2.50. The smallest absolute Gasteiger partial charge is 0.325 e. The zero-order valence-corrected chi connectivity index (χ0v) is 12.4. The first-order valence-electron chi connectivity index (χ1n) is 6.15. The van der Waals surface area contributed by atoms with Gasteiger partial charge < -0.3 is 10.8 Å². The van der Waals surface area contributed by atoms with Gasteiger partial charge in [-0.05, 0) is 31.0 Å². The molecule has 0 spiro atoms. The predicted molar refractivity (Wildman–Crippen MR) is 75.6 cm³/mol. The number of nitrogens with zero attached hydrogens (tertiary/aromatic N) is 1. The van der Waals surface area contributed by atoms with Gasteiger partial charge in [0.2, 0.25) is 0 Å². The van der Waals surface area contributed by atoms with Crippen LogP contribution in [-0.4, -0.2) is 34.6 Å². The number of benzene rings is 1. The van der Waals surface area contributed by atoms with Crippen LogP contribution in [0.5, 0.6) is 0 Å². The number of aliphatic carboxylic acids is 1. The van der Waals surface area contributed by atoms with Gasteiger partial charge in [-0.3, -0.25) is 9.69 Å². The van der Waals surface area contributed by atoms with E-state index in [0.717, 1.165) is 0 Å². The van der Waals surface area contributed by atoms with Crippen molar-refractivity contribution >= 4 is 29.2 Å². The van der Waals surface area contributed by atoms with Gasteiger partial charge in [0.05, 0.1) is 5.02 Å². The van der Waals surface area contributed by atoms with E-state index in [4.69, 9.17) is 34.0 Å². The Labute approximate surface area is 126 Å². The zero-order valence-electron chi connectivity index (χ0n) is 10.9. The molecule has 2 atom stereocenters. The fraction of sp³-hybridized carbons (Fsp3) is 0.462. The normalized spacial score (nSPS) is 24.9. The number of halogens is 3. The van der Waals surface area contributed by atoms with E-state index in [-0.39, 0.29) is 17.6 Å². The number of rotatable bonds is 3. The summed E-state index contributed by atoms with van der Waals surface area (Å²) in [5.41, 5.74) is 5.15. The summed E-state index contributed by atoms with van der Waals surface area (Å²) in [7, 11) is 0. The third-order valence-corrected chi connectivity index (χ3v) is 4.41. The monoisotopic (exact) mass is 320 g/mol. The minimum Gasteiger partial charge on any atom is -0.480 e. The van der Waals surface area contributed by atoms with Crippen LogP contribution in [0.3, 0.4) is 0 Å². The quantitative estimate of drug-likeness (QED) is 0.840. The van der Waals surface area contributed by atoms with Gasteiger partial charge in [-0.15, -0.1) is 0 Å². The van der Waals surface area contributed by atoms with Crippen molar-refractivity contribution in [1.29, 1.82) is 0 Å². The predicted octanol–water partition coefficient (Wildman–Crippen LogP) is 2.68. The first-order valence-corrected chi connectivity index (χ1v) is 6.91. The third kappa shape index (κ3) is 2.76. The molecule has 2 rings (SSSR count). The van der Waals surface area contributed by atoms with Gasteiger partial charge >= 0.3 is 5.97 Å². The molecule has 3 N–H and O–H groups in total. The first kappa shape index (κ1) is 15.5. The molecule has 110 valence electrons. The Morgan fingerprint density at radius 2 is 2.15 bits per heavy atom. The third-order valence-electron chi connectivity index (χ3n) is 3.79. The molecule has 7 heteroatoms. The summed E-state index contributed by atoms with van der Waals surface area (Å²) in [6.07, 6.45) is 0.348. The van der Waals surface area contributed by atoms with Crippen LogP contribution in [0.2, 0.25) is 10.0 Å². The minimum atomic E-state index is -1.26. The fourth-order valence-corrected chi connectivity index (χ4v) is 2.96. The van der Waals surface area contributed by atoms with Crippen molar-refractivity contribution in [3.8, 4) is 0 Å². The second kappa shape index (κ2) is 5.48. The van der Waals surface area contributed by atoms with E-state index in [0.29, 0.717) is 23.6 Å². The Morgan fingerprint density at radius 3 is 2.70 bits per heavy atom. The summed E-state index contributed by atoms with van der Waals surface area (Å²) in [5, 5.41) is 9.44. The molecule has 20 heavy (non-hydrogen) atoms. The molecule has 0 radical (unpaired) electrons. The van der Waals surface area contributed by atoms with Crippen LogP contribution in [0.15, 0.2) is 12.1 Å². The molecule has 1 fully saturated rings. The Kier molecular flexibility index (Phi) is 4.25. The maximum absolute atomic E-state index is 13.6. The molecule has 1 aliphatic rings. The van der Waals surface area contributed by atoms with Gasteiger partial charge in [-0.25, -0.2) is 4.39 Å². The van der Waals surface area contributed by atoms with Crippen molar-refractivity contribution in [2.24, 2.45) is 5.73 Å². The van der Waals surface area contributed by atoms with Crippen LogP contribution in [0, 0.1) is 5.82 Å². The highest BCUT2D eigenvalue weighted by Crippen LogP contribution is 2.34. The average molecular weight is 321 g/mol. The Bertz CT molecular complexity index is 555. The van der Waals surface area contributed by atoms with Crippen molar-refractivity contribution < 1.29 is 14.3 Å². The molecular formula is C13H15Cl2FN2O2. The number of carbonyl (C=O) groups is 1. The molecular weight excluding hydrogens is 306 g/mol. The van der Waals surface area contributed by atoms with E-state index < -0.39 is 17.3 Å². The minimum absolute atomic E-state index is 0.0360. The zero-order chi connectivity index (χ0) is 15.1. The molecule has 0 saturated carbocycles. The number of likely N-dealkylation sites (tertiary alicyclic amines) is 1. The largest absolute Gasteiger partial charge is 0.480 e. The molecule has 1 aromatic carbocycles. The molecule has 0 amide bonds.